The maximum Gasteiger partial charge on any atom is 0.270 e. The first kappa shape index (κ1) is 24.3. The highest BCUT2D eigenvalue weighted by Crippen LogP contribution is 2.31. The molecular formula is C25H30N4O3S2. The van der Waals surface area contributed by atoms with Crippen LogP contribution in [0.1, 0.15) is 67.1 Å². The van der Waals surface area contributed by atoms with Gasteiger partial charge in [-0.2, -0.15) is 0 Å². The predicted molar refractivity (Wildman–Crippen MR) is 135 cm³/mol. The second kappa shape index (κ2) is 11.1. The number of amides is 2. The van der Waals surface area contributed by atoms with Crippen molar-refractivity contribution < 1.29 is 14.3 Å². The molecule has 0 radical (unpaired) electrons. The van der Waals surface area contributed by atoms with Crippen molar-refractivity contribution in [2.45, 2.75) is 46.0 Å². The second-order valence-corrected chi connectivity index (χ2v) is 10.4. The summed E-state index contributed by atoms with van der Waals surface area (Å²) >= 11 is 3.00. The predicted octanol–water partition coefficient (Wildman–Crippen LogP) is 4.61. The van der Waals surface area contributed by atoms with E-state index in [2.05, 4.69) is 15.3 Å². The number of likely N-dealkylation sites (tertiary alicyclic amines) is 1. The van der Waals surface area contributed by atoms with Gasteiger partial charge in [0.25, 0.3) is 11.8 Å². The zero-order chi connectivity index (χ0) is 24.1. The first-order valence-corrected chi connectivity index (χ1v) is 13.3. The number of nitrogens with zero attached hydrogens (tertiary/aromatic N) is 3. The van der Waals surface area contributed by atoms with E-state index < -0.39 is 0 Å². The highest BCUT2D eigenvalue weighted by Gasteiger charge is 2.28. The zero-order valence-electron chi connectivity index (χ0n) is 19.8. The van der Waals surface area contributed by atoms with Crippen molar-refractivity contribution in [1.82, 2.24) is 20.2 Å². The van der Waals surface area contributed by atoms with Gasteiger partial charge < -0.3 is 15.0 Å². The fourth-order valence-electron chi connectivity index (χ4n) is 4.19. The molecule has 0 aliphatic carbocycles. The van der Waals surface area contributed by atoms with Crippen molar-refractivity contribution >= 4 is 34.5 Å². The van der Waals surface area contributed by atoms with Gasteiger partial charge in [0, 0.05) is 30.9 Å². The summed E-state index contributed by atoms with van der Waals surface area (Å²) in [5.41, 5.74) is 2.35. The van der Waals surface area contributed by atoms with Gasteiger partial charge in [-0.25, -0.2) is 9.97 Å². The summed E-state index contributed by atoms with van der Waals surface area (Å²) in [7, 11) is 0. The van der Waals surface area contributed by atoms with Crippen molar-refractivity contribution in [3.05, 3.63) is 61.5 Å². The first-order chi connectivity index (χ1) is 16.5. The molecule has 2 amide bonds. The van der Waals surface area contributed by atoms with Gasteiger partial charge >= 0.3 is 0 Å². The quantitative estimate of drug-likeness (QED) is 0.490. The third-order valence-electron chi connectivity index (χ3n) is 5.94. The average molecular weight is 499 g/mol. The second-order valence-electron chi connectivity index (χ2n) is 8.33. The fraction of sp³-hybridized carbons (Fsp3) is 0.440. The Morgan fingerprint density at radius 3 is 2.65 bits per heavy atom. The third-order valence-corrected chi connectivity index (χ3v) is 8.00. The summed E-state index contributed by atoms with van der Waals surface area (Å²) < 4.78 is 5.65. The Morgan fingerprint density at radius 2 is 1.94 bits per heavy atom. The number of carbonyl (C=O) groups is 2. The number of hydrogen-bond donors (Lipinski definition) is 1. The SMILES string of the molecule is CCOc1ccccc1CCNC(=O)c1csc(C2CCN(C(=O)c3sc(C)nc3C)CC2)n1. The summed E-state index contributed by atoms with van der Waals surface area (Å²) in [6.07, 6.45) is 2.40. The molecule has 1 N–H and O–H groups in total. The van der Waals surface area contributed by atoms with Crippen molar-refractivity contribution in [2.24, 2.45) is 0 Å². The molecule has 0 bridgehead atoms. The Morgan fingerprint density at radius 1 is 1.18 bits per heavy atom. The van der Waals surface area contributed by atoms with Gasteiger partial charge in [0.05, 0.1) is 22.3 Å². The van der Waals surface area contributed by atoms with E-state index >= 15 is 0 Å². The molecule has 0 spiro atoms. The normalized spacial score (nSPS) is 14.3. The number of benzene rings is 1. The smallest absolute Gasteiger partial charge is 0.270 e. The molecule has 1 fully saturated rings. The molecule has 0 unspecified atom stereocenters. The molecule has 3 heterocycles. The summed E-state index contributed by atoms with van der Waals surface area (Å²) in [5.74, 6) is 1.06. The van der Waals surface area contributed by atoms with Crippen LogP contribution >= 0.6 is 22.7 Å². The number of aromatic nitrogens is 2. The Balaban J connectivity index is 1.28. The van der Waals surface area contributed by atoms with Gasteiger partial charge in [0.15, 0.2) is 0 Å². The summed E-state index contributed by atoms with van der Waals surface area (Å²) in [5, 5.41) is 6.70. The fourth-order valence-corrected chi connectivity index (χ4v) is 6.05. The standard InChI is InChI=1S/C25H30N4O3S2/c1-4-32-21-8-6-5-7-18(21)9-12-26-23(30)20-15-33-24(28-20)19-10-13-29(14-11-19)25(31)22-16(2)27-17(3)34-22/h5-8,15,19H,4,9-14H2,1-3H3,(H,26,30). The number of ether oxygens (including phenoxy) is 1. The van der Waals surface area contributed by atoms with E-state index in [1.54, 1.807) is 0 Å². The van der Waals surface area contributed by atoms with Gasteiger partial charge in [-0.15, -0.1) is 22.7 Å². The minimum absolute atomic E-state index is 0.0756. The molecule has 2 aromatic heterocycles. The van der Waals surface area contributed by atoms with E-state index in [9.17, 15) is 9.59 Å². The zero-order valence-corrected chi connectivity index (χ0v) is 21.4. The van der Waals surface area contributed by atoms with E-state index in [4.69, 9.17) is 4.74 Å². The highest BCUT2D eigenvalue weighted by molar-refractivity contribution is 7.13. The number of piperidine rings is 1. The highest BCUT2D eigenvalue weighted by atomic mass is 32.1. The van der Waals surface area contributed by atoms with Crippen LogP contribution in [0.15, 0.2) is 29.6 Å². The molecule has 1 aromatic carbocycles. The lowest BCUT2D eigenvalue weighted by molar-refractivity contribution is 0.0717. The molecule has 0 saturated carbocycles. The number of nitrogens with one attached hydrogen (secondary N) is 1. The van der Waals surface area contributed by atoms with Crippen LogP contribution in [0, 0.1) is 13.8 Å². The summed E-state index contributed by atoms with van der Waals surface area (Å²) in [6.45, 7) is 8.30. The van der Waals surface area contributed by atoms with Gasteiger partial charge in [-0.05, 0) is 51.7 Å². The lowest BCUT2D eigenvalue weighted by atomic mass is 9.97. The van der Waals surface area contributed by atoms with Crippen molar-refractivity contribution in [3.8, 4) is 5.75 Å². The maximum absolute atomic E-state index is 12.9. The average Bonchev–Trinajstić information content (AvgIpc) is 3.46. The summed E-state index contributed by atoms with van der Waals surface area (Å²) in [6, 6.07) is 7.90. The molecule has 34 heavy (non-hydrogen) atoms. The third kappa shape index (κ3) is 5.64. The molecule has 4 rings (SSSR count). The van der Waals surface area contributed by atoms with Gasteiger partial charge in [0.2, 0.25) is 0 Å². The lowest BCUT2D eigenvalue weighted by Gasteiger charge is -2.30. The molecule has 1 aliphatic rings. The van der Waals surface area contributed by atoms with Gasteiger partial charge in [-0.1, -0.05) is 18.2 Å². The molecule has 9 heteroatoms. The Labute approximate surface area is 208 Å². The topological polar surface area (TPSA) is 84.4 Å². The molecule has 1 saturated heterocycles. The number of carbonyl (C=O) groups excluding carboxylic acids is 2. The van der Waals surface area contributed by atoms with Crippen molar-refractivity contribution in [2.75, 3.05) is 26.2 Å². The molecule has 1 aliphatic heterocycles. The largest absolute Gasteiger partial charge is 0.494 e. The number of aryl methyl sites for hydroxylation is 2. The van der Waals surface area contributed by atoms with Crippen molar-refractivity contribution in [3.63, 3.8) is 0 Å². The van der Waals surface area contributed by atoms with E-state index in [0.29, 0.717) is 38.4 Å². The first-order valence-electron chi connectivity index (χ1n) is 11.6. The maximum atomic E-state index is 12.9. The van der Waals surface area contributed by atoms with Crippen LogP contribution in [0.2, 0.25) is 0 Å². The van der Waals surface area contributed by atoms with E-state index in [1.807, 2.05) is 55.3 Å². The van der Waals surface area contributed by atoms with Crippen LogP contribution in [0.5, 0.6) is 5.75 Å². The van der Waals surface area contributed by atoms with Gasteiger partial charge in [0.1, 0.15) is 16.3 Å². The monoisotopic (exact) mass is 498 g/mol. The van der Waals surface area contributed by atoms with Crippen LogP contribution < -0.4 is 10.1 Å². The molecule has 0 atom stereocenters. The van der Waals surface area contributed by atoms with Crippen LogP contribution in [0.25, 0.3) is 0 Å². The van der Waals surface area contributed by atoms with Crippen LogP contribution in [0.3, 0.4) is 0 Å². The minimum atomic E-state index is -0.153. The number of para-hydroxylation sites is 1. The number of rotatable bonds is 8. The van der Waals surface area contributed by atoms with Crippen LogP contribution in [-0.4, -0.2) is 52.9 Å². The van der Waals surface area contributed by atoms with Gasteiger partial charge in [-0.3, -0.25) is 9.59 Å². The summed E-state index contributed by atoms with van der Waals surface area (Å²) in [4.78, 5) is 37.1. The van der Waals surface area contributed by atoms with E-state index in [-0.39, 0.29) is 17.7 Å². The lowest BCUT2D eigenvalue weighted by Crippen LogP contribution is -2.37. The Hall–Kier alpha value is -2.78. The number of thiazole rings is 2. The van der Waals surface area contributed by atoms with E-state index in [0.717, 1.165) is 44.7 Å². The van der Waals surface area contributed by atoms with E-state index in [1.165, 1.54) is 22.7 Å². The minimum Gasteiger partial charge on any atom is -0.494 e. The molecule has 3 aromatic rings. The van der Waals surface area contributed by atoms with Crippen LogP contribution in [0.4, 0.5) is 0 Å². The number of hydrogen-bond acceptors (Lipinski definition) is 7. The molecule has 7 nitrogen and oxygen atoms in total. The Bertz CT molecular complexity index is 1150. The van der Waals surface area contributed by atoms with Crippen molar-refractivity contribution in [1.29, 1.82) is 0 Å². The Kier molecular flexibility index (Phi) is 7.95. The van der Waals surface area contributed by atoms with Crippen LogP contribution in [-0.2, 0) is 6.42 Å². The molecular weight excluding hydrogens is 468 g/mol. The molecule has 180 valence electrons.